The fourth-order valence-corrected chi connectivity index (χ4v) is 3.25. The number of likely N-dealkylation sites (tertiary alicyclic amines) is 1. The van der Waals surface area contributed by atoms with E-state index in [1.807, 2.05) is 32.0 Å². The Hall–Kier alpha value is -2.73. The molecule has 1 aliphatic heterocycles. The molecule has 0 bridgehead atoms. The van der Waals surface area contributed by atoms with Gasteiger partial charge in [-0.1, -0.05) is 24.3 Å². The second-order valence-corrected chi connectivity index (χ2v) is 7.12. The van der Waals surface area contributed by atoms with Gasteiger partial charge in [0.05, 0.1) is 5.56 Å². The number of carboxylic acids is 1. The van der Waals surface area contributed by atoms with Gasteiger partial charge in [0.2, 0.25) is 0 Å². The Morgan fingerprint density at radius 1 is 1.00 bits per heavy atom. The van der Waals surface area contributed by atoms with Crippen LogP contribution in [0.25, 0.3) is 11.1 Å². The van der Waals surface area contributed by atoms with Crippen molar-refractivity contribution in [3.8, 4) is 11.1 Å². The Bertz CT molecular complexity index is 901. The first-order chi connectivity index (χ1) is 12.7. The van der Waals surface area contributed by atoms with Crippen molar-refractivity contribution in [3.63, 3.8) is 0 Å². The van der Waals surface area contributed by atoms with E-state index in [2.05, 4.69) is 0 Å². The number of hydrogen-bond donors (Lipinski definition) is 2. The summed E-state index contributed by atoms with van der Waals surface area (Å²) in [6.07, 6.45) is -0.146. The topological polar surface area (TPSA) is 77.8 Å². The number of rotatable bonds is 3. The number of benzene rings is 2. The van der Waals surface area contributed by atoms with E-state index < -0.39 is 23.3 Å². The molecule has 1 amide bonds. The predicted octanol–water partition coefficient (Wildman–Crippen LogP) is 3.16. The van der Waals surface area contributed by atoms with Gasteiger partial charge in [-0.05, 0) is 48.2 Å². The van der Waals surface area contributed by atoms with E-state index >= 15 is 0 Å². The summed E-state index contributed by atoms with van der Waals surface area (Å²) in [5.74, 6) is -2.40. The lowest BCUT2D eigenvalue weighted by molar-refractivity contribution is -0.162. The van der Waals surface area contributed by atoms with E-state index in [1.54, 1.807) is 6.07 Å². The third-order valence-corrected chi connectivity index (χ3v) is 5.32. The summed E-state index contributed by atoms with van der Waals surface area (Å²) >= 11 is 0. The van der Waals surface area contributed by atoms with Crippen molar-refractivity contribution >= 4 is 11.9 Å². The van der Waals surface area contributed by atoms with E-state index in [4.69, 9.17) is 5.11 Å². The maximum absolute atomic E-state index is 14.6. The number of hydrogen-bond acceptors (Lipinski definition) is 3. The Morgan fingerprint density at radius 3 is 2.15 bits per heavy atom. The number of aliphatic hydroxyl groups is 1. The van der Waals surface area contributed by atoms with E-state index in [0.29, 0.717) is 5.56 Å². The summed E-state index contributed by atoms with van der Waals surface area (Å²) in [6.45, 7) is 4.13. The lowest BCUT2D eigenvalue weighted by Gasteiger charge is -2.35. The van der Waals surface area contributed by atoms with Crippen LogP contribution >= 0.6 is 0 Å². The van der Waals surface area contributed by atoms with Gasteiger partial charge in [-0.15, -0.1) is 0 Å². The van der Waals surface area contributed by atoms with Gasteiger partial charge in [0.15, 0.2) is 5.60 Å². The van der Waals surface area contributed by atoms with Crippen molar-refractivity contribution in [2.75, 3.05) is 13.1 Å². The highest BCUT2D eigenvalue weighted by Crippen LogP contribution is 2.27. The van der Waals surface area contributed by atoms with Crippen LogP contribution in [0.4, 0.5) is 4.39 Å². The minimum atomic E-state index is -1.82. The quantitative estimate of drug-likeness (QED) is 0.869. The van der Waals surface area contributed by atoms with Gasteiger partial charge in [0, 0.05) is 25.9 Å². The minimum absolute atomic E-state index is 0.0525. The summed E-state index contributed by atoms with van der Waals surface area (Å²) < 4.78 is 14.6. The zero-order valence-corrected chi connectivity index (χ0v) is 15.3. The molecule has 5 nitrogen and oxygen atoms in total. The number of piperidine rings is 1. The van der Waals surface area contributed by atoms with Crippen LogP contribution < -0.4 is 0 Å². The van der Waals surface area contributed by atoms with Crippen molar-refractivity contribution < 1.29 is 24.2 Å². The molecule has 1 aliphatic rings. The van der Waals surface area contributed by atoms with Crippen LogP contribution in [-0.2, 0) is 4.79 Å². The molecule has 142 valence electrons. The average Bonchev–Trinajstić information content (AvgIpc) is 2.64. The molecule has 1 heterocycles. The summed E-state index contributed by atoms with van der Waals surface area (Å²) in [5.41, 5.74) is 1.95. The molecule has 2 aromatic rings. The molecular formula is C21H22FNO4. The monoisotopic (exact) mass is 371 g/mol. The van der Waals surface area contributed by atoms with Crippen LogP contribution in [-0.4, -0.2) is 45.7 Å². The molecule has 6 heteroatoms. The van der Waals surface area contributed by atoms with E-state index in [-0.39, 0.29) is 31.5 Å². The first kappa shape index (κ1) is 19.0. The second kappa shape index (κ2) is 7.12. The molecule has 0 aromatic heterocycles. The smallest absolute Gasteiger partial charge is 0.335 e. The zero-order chi connectivity index (χ0) is 19.8. The van der Waals surface area contributed by atoms with Crippen molar-refractivity contribution in [2.45, 2.75) is 32.3 Å². The van der Waals surface area contributed by atoms with E-state index in [0.717, 1.165) is 16.7 Å². The summed E-state index contributed by atoms with van der Waals surface area (Å²) in [6, 6.07) is 10.4. The van der Waals surface area contributed by atoms with Gasteiger partial charge < -0.3 is 15.1 Å². The molecule has 0 atom stereocenters. The van der Waals surface area contributed by atoms with Crippen molar-refractivity contribution in [2.24, 2.45) is 0 Å². The van der Waals surface area contributed by atoms with E-state index in [1.165, 1.54) is 17.0 Å². The maximum atomic E-state index is 14.6. The number of halogens is 1. The van der Waals surface area contributed by atoms with Crippen molar-refractivity contribution in [3.05, 3.63) is 58.9 Å². The number of aryl methyl sites for hydroxylation is 2. The van der Waals surface area contributed by atoms with E-state index in [9.17, 15) is 19.1 Å². The molecule has 0 saturated carbocycles. The molecule has 1 fully saturated rings. The van der Waals surface area contributed by atoms with Gasteiger partial charge in [-0.2, -0.15) is 0 Å². The fourth-order valence-electron chi connectivity index (χ4n) is 3.25. The lowest BCUT2D eigenvalue weighted by Crippen LogP contribution is -2.50. The summed E-state index contributed by atoms with van der Waals surface area (Å²) in [7, 11) is 0. The molecule has 3 rings (SSSR count). The normalized spacial score (nSPS) is 16.2. The van der Waals surface area contributed by atoms with Crippen LogP contribution in [0.2, 0.25) is 0 Å². The summed E-state index contributed by atoms with van der Waals surface area (Å²) in [5, 5.41) is 19.0. The highest BCUT2D eigenvalue weighted by molar-refractivity contribution is 5.95. The Balaban J connectivity index is 1.79. The number of carboxylic acid groups (broad SMARTS) is 1. The Labute approximate surface area is 157 Å². The second-order valence-electron chi connectivity index (χ2n) is 7.12. The standard InChI is InChI=1S/C21H22FNO4/c1-13-3-4-15(11-14(13)2)16-5-6-17(18(22)12-16)19(24)23-9-7-21(27,8-10-23)20(25)26/h3-6,11-12,27H,7-10H2,1-2H3,(H,25,26). The number of nitrogens with zero attached hydrogens (tertiary/aromatic N) is 1. The lowest BCUT2D eigenvalue weighted by atomic mass is 9.91. The maximum Gasteiger partial charge on any atom is 0.335 e. The Kier molecular flexibility index (Phi) is 5.02. The van der Waals surface area contributed by atoms with Crippen LogP contribution in [0.15, 0.2) is 36.4 Å². The van der Waals surface area contributed by atoms with Crippen LogP contribution in [0, 0.1) is 19.7 Å². The molecule has 27 heavy (non-hydrogen) atoms. The Morgan fingerprint density at radius 2 is 1.59 bits per heavy atom. The van der Waals surface area contributed by atoms with Crippen LogP contribution in [0.5, 0.6) is 0 Å². The van der Waals surface area contributed by atoms with Crippen molar-refractivity contribution in [1.29, 1.82) is 0 Å². The molecule has 0 radical (unpaired) electrons. The highest BCUT2D eigenvalue weighted by Gasteiger charge is 2.40. The summed E-state index contributed by atoms with van der Waals surface area (Å²) in [4.78, 5) is 25.1. The molecule has 1 saturated heterocycles. The first-order valence-electron chi connectivity index (χ1n) is 8.83. The number of carbonyl (C=O) groups is 2. The molecule has 0 unspecified atom stereocenters. The molecular weight excluding hydrogens is 349 g/mol. The average molecular weight is 371 g/mol. The third kappa shape index (κ3) is 3.71. The molecule has 0 spiro atoms. The molecule has 0 aliphatic carbocycles. The molecule has 2 aromatic carbocycles. The van der Waals surface area contributed by atoms with Crippen molar-refractivity contribution in [1.82, 2.24) is 4.90 Å². The highest BCUT2D eigenvalue weighted by atomic mass is 19.1. The largest absolute Gasteiger partial charge is 0.479 e. The number of amides is 1. The van der Waals surface area contributed by atoms with Gasteiger partial charge in [-0.25, -0.2) is 9.18 Å². The SMILES string of the molecule is Cc1ccc(-c2ccc(C(=O)N3CCC(O)(C(=O)O)CC3)c(F)c2)cc1C. The number of carbonyl (C=O) groups excluding carboxylic acids is 1. The van der Waals surface area contributed by atoms with Crippen LogP contribution in [0.3, 0.4) is 0 Å². The van der Waals surface area contributed by atoms with Crippen LogP contribution in [0.1, 0.15) is 34.3 Å². The van der Waals surface area contributed by atoms with Gasteiger partial charge >= 0.3 is 5.97 Å². The van der Waals surface area contributed by atoms with Gasteiger partial charge in [0.25, 0.3) is 5.91 Å². The first-order valence-corrected chi connectivity index (χ1v) is 8.83. The predicted molar refractivity (Wildman–Crippen MR) is 99.0 cm³/mol. The van der Waals surface area contributed by atoms with Gasteiger partial charge in [-0.3, -0.25) is 4.79 Å². The number of aliphatic carboxylic acids is 1. The molecule has 2 N–H and O–H groups in total. The minimum Gasteiger partial charge on any atom is -0.479 e. The van der Waals surface area contributed by atoms with Gasteiger partial charge in [0.1, 0.15) is 5.82 Å². The zero-order valence-electron chi connectivity index (χ0n) is 15.3. The third-order valence-electron chi connectivity index (χ3n) is 5.32. The fraction of sp³-hybridized carbons (Fsp3) is 0.333.